The Morgan fingerprint density at radius 1 is 0.844 bits per heavy atom. The van der Waals surface area contributed by atoms with E-state index in [4.69, 9.17) is 11.6 Å². The van der Waals surface area contributed by atoms with Crippen molar-refractivity contribution in [2.24, 2.45) is 0 Å². The summed E-state index contributed by atoms with van der Waals surface area (Å²) in [6.07, 6.45) is 0. The number of benzene rings is 3. The fourth-order valence-electron chi connectivity index (χ4n) is 3.93. The molecule has 4 aromatic rings. The first-order chi connectivity index (χ1) is 15.4. The summed E-state index contributed by atoms with van der Waals surface area (Å²) in [6.45, 7) is 5.72. The molecule has 1 N–H and O–H groups in total. The summed E-state index contributed by atoms with van der Waals surface area (Å²) < 4.78 is 1.92. The van der Waals surface area contributed by atoms with Crippen LogP contribution in [0.25, 0.3) is 16.9 Å². The van der Waals surface area contributed by atoms with Crippen molar-refractivity contribution in [3.05, 3.63) is 116 Å². The summed E-state index contributed by atoms with van der Waals surface area (Å²) in [5.41, 5.74) is 5.21. The molecule has 3 aromatic carbocycles. The largest absolute Gasteiger partial charge is 0.321 e. The fourth-order valence-corrected chi connectivity index (χ4v) is 4.06. The Balaban J connectivity index is 1.98. The molecule has 0 aliphatic rings. The minimum atomic E-state index is -0.436. The predicted octanol–water partition coefficient (Wildman–Crippen LogP) is 6.34. The van der Waals surface area contributed by atoms with Gasteiger partial charge in [0.15, 0.2) is 5.43 Å². The van der Waals surface area contributed by atoms with Crippen molar-refractivity contribution in [1.82, 2.24) is 4.57 Å². The van der Waals surface area contributed by atoms with Gasteiger partial charge in [0.1, 0.15) is 5.56 Å². The molecule has 0 aliphatic heterocycles. The van der Waals surface area contributed by atoms with Gasteiger partial charge in [-0.2, -0.15) is 0 Å². The molecule has 0 saturated carbocycles. The number of nitrogens with one attached hydrogen (secondary N) is 1. The topological polar surface area (TPSA) is 51.1 Å². The van der Waals surface area contributed by atoms with Gasteiger partial charge in [-0.1, -0.05) is 60.1 Å². The molecule has 32 heavy (non-hydrogen) atoms. The van der Waals surface area contributed by atoms with Crippen LogP contribution in [0.1, 0.15) is 27.2 Å². The first kappa shape index (κ1) is 21.6. The van der Waals surface area contributed by atoms with E-state index < -0.39 is 5.91 Å². The normalized spacial score (nSPS) is 10.8. The maximum absolute atomic E-state index is 13.5. The lowest BCUT2D eigenvalue weighted by Crippen LogP contribution is -2.26. The fraction of sp³-hybridized carbons (Fsp3) is 0.111. The maximum Gasteiger partial charge on any atom is 0.261 e. The van der Waals surface area contributed by atoms with Crippen LogP contribution in [0.5, 0.6) is 0 Å². The number of aryl methyl sites for hydroxylation is 3. The van der Waals surface area contributed by atoms with Gasteiger partial charge in [-0.15, -0.1) is 0 Å². The SMILES string of the molecule is Cc1cccc(C)c1NC(=O)c1c(-c2ccccc2)n(-c2ccc(Cl)cc2)c(C)cc1=O. The number of halogens is 1. The average Bonchev–Trinajstić information content (AvgIpc) is 2.77. The van der Waals surface area contributed by atoms with Crippen LogP contribution in [-0.4, -0.2) is 10.5 Å². The summed E-state index contributed by atoms with van der Waals surface area (Å²) in [6, 6.07) is 24.1. The van der Waals surface area contributed by atoms with Gasteiger partial charge in [-0.3, -0.25) is 9.59 Å². The van der Waals surface area contributed by atoms with Gasteiger partial charge in [0.05, 0.1) is 5.69 Å². The van der Waals surface area contributed by atoms with Gasteiger partial charge in [-0.05, 0) is 61.7 Å². The number of pyridine rings is 1. The molecule has 1 amide bonds. The molecule has 0 fully saturated rings. The third-order valence-electron chi connectivity index (χ3n) is 5.48. The van der Waals surface area contributed by atoms with E-state index in [1.807, 2.05) is 86.0 Å². The van der Waals surface area contributed by atoms with E-state index in [2.05, 4.69) is 5.32 Å². The monoisotopic (exact) mass is 442 g/mol. The van der Waals surface area contributed by atoms with Crippen LogP contribution in [0.15, 0.2) is 83.7 Å². The van der Waals surface area contributed by atoms with Crippen LogP contribution in [0, 0.1) is 20.8 Å². The van der Waals surface area contributed by atoms with Gasteiger partial charge in [-0.25, -0.2) is 0 Å². The van der Waals surface area contributed by atoms with Crippen molar-refractivity contribution >= 4 is 23.2 Å². The van der Waals surface area contributed by atoms with E-state index in [1.165, 1.54) is 6.07 Å². The predicted molar refractivity (Wildman–Crippen MR) is 131 cm³/mol. The highest BCUT2D eigenvalue weighted by Crippen LogP contribution is 2.29. The molecule has 1 heterocycles. The number of hydrogen-bond acceptors (Lipinski definition) is 2. The first-order valence-corrected chi connectivity index (χ1v) is 10.7. The lowest BCUT2D eigenvalue weighted by Gasteiger charge is -2.21. The zero-order valence-electron chi connectivity index (χ0n) is 18.1. The Morgan fingerprint density at radius 2 is 1.47 bits per heavy atom. The second-order valence-corrected chi connectivity index (χ2v) is 8.21. The zero-order chi connectivity index (χ0) is 22.8. The summed E-state index contributed by atoms with van der Waals surface area (Å²) in [4.78, 5) is 26.7. The molecule has 160 valence electrons. The van der Waals surface area contributed by atoms with Gasteiger partial charge in [0.2, 0.25) is 0 Å². The van der Waals surface area contributed by atoms with Gasteiger partial charge < -0.3 is 9.88 Å². The Bertz CT molecular complexity index is 1340. The number of carbonyl (C=O) groups is 1. The highest BCUT2D eigenvalue weighted by molar-refractivity contribution is 6.30. The summed E-state index contributed by atoms with van der Waals surface area (Å²) in [5.74, 6) is -0.436. The third kappa shape index (κ3) is 4.10. The molecule has 0 radical (unpaired) electrons. The number of hydrogen-bond donors (Lipinski definition) is 1. The van der Waals surface area contributed by atoms with Crippen LogP contribution < -0.4 is 10.7 Å². The van der Waals surface area contributed by atoms with Gasteiger partial charge in [0, 0.05) is 28.2 Å². The van der Waals surface area contributed by atoms with E-state index in [1.54, 1.807) is 12.1 Å². The van der Waals surface area contributed by atoms with Crippen molar-refractivity contribution in [3.63, 3.8) is 0 Å². The molecule has 5 heteroatoms. The number of rotatable bonds is 4. The van der Waals surface area contributed by atoms with Crippen molar-refractivity contribution in [2.45, 2.75) is 20.8 Å². The second-order valence-electron chi connectivity index (χ2n) is 7.77. The number of carbonyl (C=O) groups excluding carboxylic acids is 1. The Morgan fingerprint density at radius 3 is 2.09 bits per heavy atom. The van der Waals surface area contributed by atoms with Crippen molar-refractivity contribution in [2.75, 3.05) is 5.32 Å². The molecule has 0 saturated heterocycles. The lowest BCUT2D eigenvalue weighted by atomic mass is 10.0. The van der Waals surface area contributed by atoms with Gasteiger partial charge in [0.25, 0.3) is 5.91 Å². The standard InChI is InChI=1S/C27H23ClN2O2/c1-17-8-7-9-18(2)25(17)29-27(32)24-23(31)16-19(3)30(22-14-12-21(28)13-15-22)26(24)20-10-5-4-6-11-20/h4-16H,1-3H3,(H,29,32). The lowest BCUT2D eigenvalue weighted by molar-refractivity contribution is 0.102. The first-order valence-electron chi connectivity index (χ1n) is 10.3. The second kappa shape index (κ2) is 8.85. The van der Waals surface area contributed by atoms with Crippen LogP contribution >= 0.6 is 11.6 Å². The quantitative estimate of drug-likeness (QED) is 0.401. The summed E-state index contributed by atoms with van der Waals surface area (Å²) in [7, 11) is 0. The number of nitrogens with zero attached hydrogens (tertiary/aromatic N) is 1. The number of aromatic nitrogens is 1. The van der Waals surface area contributed by atoms with E-state index in [9.17, 15) is 9.59 Å². The highest BCUT2D eigenvalue weighted by Gasteiger charge is 2.23. The van der Waals surface area contributed by atoms with Crippen molar-refractivity contribution in [1.29, 1.82) is 0 Å². The third-order valence-corrected chi connectivity index (χ3v) is 5.73. The van der Waals surface area contributed by atoms with E-state index in [0.717, 1.165) is 33.8 Å². The molecule has 0 bridgehead atoms. The Hall–Kier alpha value is -3.63. The molecule has 1 aromatic heterocycles. The average molecular weight is 443 g/mol. The summed E-state index contributed by atoms with van der Waals surface area (Å²) >= 11 is 6.10. The van der Waals surface area contributed by atoms with E-state index in [-0.39, 0.29) is 11.0 Å². The van der Waals surface area contributed by atoms with Gasteiger partial charge >= 0.3 is 0 Å². The van der Waals surface area contributed by atoms with E-state index >= 15 is 0 Å². The zero-order valence-corrected chi connectivity index (χ0v) is 18.9. The van der Waals surface area contributed by atoms with Crippen molar-refractivity contribution in [3.8, 4) is 16.9 Å². The highest BCUT2D eigenvalue weighted by atomic mass is 35.5. The molecule has 0 aliphatic carbocycles. The summed E-state index contributed by atoms with van der Waals surface area (Å²) in [5, 5.41) is 3.59. The molecule has 0 spiro atoms. The van der Waals surface area contributed by atoms with Crippen LogP contribution in [-0.2, 0) is 0 Å². The molecule has 4 nitrogen and oxygen atoms in total. The van der Waals surface area contributed by atoms with Crippen LogP contribution in [0.3, 0.4) is 0 Å². The molecule has 0 atom stereocenters. The minimum Gasteiger partial charge on any atom is -0.321 e. The maximum atomic E-state index is 13.5. The molecular weight excluding hydrogens is 420 g/mol. The van der Waals surface area contributed by atoms with Crippen LogP contribution in [0.2, 0.25) is 5.02 Å². The molecular formula is C27H23ClN2O2. The Kier molecular flexibility index (Phi) is 5.97. The Labute approximate surface area is 192 Å². The number of anilines is 1. The smallest absolute Gasteiger partial charge is 0.261 e. The van der Waals surface area contributed by atoms with E-state index in [0.29, 0.717) is 10.7 Å². The van der Waals surface area contributed by atoms with Crippen LogP contribution in [0.4, 0.5) is 5.69 Å². The minimum absolute atomic E-state index is 0.0967. The number of amides is 1. The number of para-hydroxylation sites is 1. The molecule has 4 rings (SSSR count). The van der Waals surface area contributed by atoms with Crippen molar-refractivity contribution < 1.29 is 4.79 Å². The molecule has 0 unspecified atom stereocenters.